The molecule has 29 heavy (non-hydrogen) atoms. The Morgan fingerprint density at radius 2 is 1.76 bits per heavy atom. The molecule has 1 heterocycles. The molecule has 1 fully saturated rings. The highest BCUT2D eigenvalue weighted by molar-refractivity contribution is 5.85. The predicted molar refractivity (Wildman–Crippen MR) is 118 cm³/mol. The predicted octanol–water partition coefficient (Wildman–Crippen LogP) is 4.12. The van der Waals surface area contributed by atoms with Crippen LogP contribution in [0.2, 0.25) is 0 Å². The number of nitrogens with one attached hydrogen (secondary N) is 1. The van der Waals surface area contributed by atoms with Gasteiger partial charge in [0.2, 0.25) is 5.88 Å². The van der Waals surface area contributed by atoms with Crippen LogP contribution in [-0.2, 0) is 4.79 Å². The van der Waals surface area contributed by atoms with E-state index in [4.69, 9.17) is 15.2 Å². The van der Waals surface area contributed by atoms with Gasteiger partial charge in [0.15, 0.2) is 6.61 Å². The minimum absolute atomic E-state index is 0. The second-order valence-electron chi connectivity index (χ2n) is 6.84. The zero-order valence-corrected chi connectivity index (χ0v) is 17.9. The average molecular weight is 442 g/mol. The molecule has 1 aliphatic rings. The van der Waals surface area contributed by atoms with Gasteiger partial charge in [-0.15, -0.1) is 24.8 Å². The van der Waals surface area contributed by atoms with Crippen LogP contribution in [0.1, 0.15) is 32.1 Å². The quantitative estimate of drug-likeness (QED) is 0.642. The Balaban J connectivity index is 0.00000210. The van der Waals surface area contributed by atoms with Crippen LogP contribution >= 0.6 is 24.8 Å². The molecule has 8 heteroatoms. The smallest absolute Gasteiger partial charge is 0.258 e. The number of pyridine rings is 1. The lowest BCUT2D eigenvalue weighted by Gasteiger charge is -2.30. The third kappa shape index (κ3) is 8.09. The van der Waals surface area contributed by atoms with Crippen molar-refractivity contribution in [2.45, 2.75) is 38.1 Å². The normalized spacial score (nSPS) is 14.7. The summed E-state index contributed by atoms with van der Waals surface area (Å²) in [5, 5.41) is 3.03. The minimum Gasteiger partial charge on any atom is -0.484 e. The van der Waals surface area contributed by atoms with Crippen molar-refractivity contribution in [2.24, 2.45) is 11.7 Å². The molecule has 0 radical (unpaired) electrons. The molecule has 3 rings (SSSR count). The SMILES string of the molecule is Cl.Cl.NCC(NC(=O)COc1ccc(Oc2ccccn2)cc1)C1CCCCC1. The van der Waals surface area contributed by atoms with Crippen molar-refractivity contribution >= 4 is 30.7 Å². The molecule has 6 nitrogen and oxygen atoms in total. The van der Waals surface area contributed by atoms with Gasteiger partial charge < -0.3 is 20.5 Å². The fourth-order valence-corrected chi connectivity index (χ4v) is 3.44. The number of hydrogen-bond acceptors (Lipinski definition) is 5. The van der Waals surface area contributed by atoms with E-state index in [1.54, 1.807) is 36.5 Å². The molecule has 0 bridgehead atoms. The van der Waals surface area contributed by atoms with Crippen LogP contribution in [0.4, 0.5) is 0 Å². The maximum absolute atomic E-state index is 12.2. The first-order valence-electron chi connectivity index (χ1n) is 9.56. The van der Waals surface area contributed by atoms with Crippen LogP contribution in [0, 0.1) is 5.92 Å². The van der Waals surface area contributed by atoms with Gasteiger partial charge in [-0.05, 0) is 49.1 Å². The third-order valence-electron chi connectivity index (χ3n) is 4.87. The Morgan fingerprint density at radius 3 is 2.38 bits per heavy atom. The van der Waals surface area contributed by atoms with E-state index in [9.17, 15) is 4.79 Å². The summed E-state index contributed by atoms with van der Waals surface area (Å²) in [5.74, 6) is 2.15. The monoisotopic (exact) mass is 441 g/mol. The largest absolute Gasteiger partial charge is 0.484 e. The lowest BCUT2D eigenvalue weighted by Crippen LogP contribution is -2.47. The fraction of sp³-hybridized carbons (Fsp3) is 0.429. The Bertz CT molecular complexity index is 711. The number of benzene rings is 1. The summed E-state index contributed by atoms with van der Waals surface area (Å²) < 4.78 is 11.2. The van der Waals surface area contributed by atoms with Gasteiger partial charge in [0.25, 0.3) is 5.91 Å². The number of ether oxygens (including phenoxy) is 2. The van der Waals surface area contributed by atoms with Crippen molar-refractivity contribution in [1.29, 1.82) is 0 Å². The van der Waals surface area contributed by atoms with Crippen molar-refractivity contribution < 1.29 is 14.3 Å². The molecule has 3 N–H and O–H groups in total. The van der Waals surface area contributed by atoms with Crippen LogP contribution in [0.5, 0.6) is 17.4 Å². The van der Waals surface area contributed by atoms with E-state index in [0.717, 1.165) is 12.8 Å². The Labute approximate surface area is 184 Å². The van der Waals surface area contributed by atoms with Gasteiger partial charge in [0, 0.05) is 24.8 Å². The maximum atomic E-state index is 12.2. The number of carbonyl (C=O) groups excluding carboxylic acids is 1. The lowest BCUT2D eigenvalue weighted by atomic mass is 9.84. The van der Waals surface area contributed by atoms with E-state index in [0.29, 0.717) is 29.8 Å². The van der Waals surface area contributed by atoms with Gasteiger partial charge in [-0.1, -0.05) is 25.3 Å². The first-order chi connectivity index (χ1) is 13.2. The highest BCUT2D eigenvalue weighted by Gasteiger charge is 2.24. The van der Waals surface area contributed by atoms with Crippen LogP contribution in [0.15, 0.2) is 48.7 Å². The van der Waals surface area contributed by atoms with Gasteiger partial charge in [-0.25, -0.2) is 4.98 Å². The van der Waals surface area contributed by atoms with E-state index >= 15 is 0 Å². The Morgan fingerprint density at radius 1 is 1.07 bits per heavy atom. The molecule has 1 atom stereocenters. The molecule has 1 aromatic carbocycles. The summed E-state index contributed by atoms with van der Waals surface area (Å²) in [5.41, 5.74) is 5.86. The van der Waals surface area contributed by atoms with Crippen molar-refractivity contribution in [3.63, 3.8) is 0 Å². The molecule has 1 saturated carbocycles. The summed E-state index contributed by atoms with van der Waals surface area (Å²) in [7, 11) is 0. The van der Waals surface area contributed by atoms with Gasteiger partial charge in [0.05, 0.1) is 0 Å². The minimum atomic E-state index is -0.134. The molecule has 0 aliphatic heterocycles. The number of aromatic nitrogens is 1. The van der Waals surface area contributed by atoms with Crippen LogP contribution in [-0.4, -0.2) is 30.1 Å². The summed E-state index contributed by atoms with van der Waals surface area (Å²) in [6, 6.07) is 12.6. The Hall–Kier alpha value is -2.02. The molecular formula is C21H29Cl2N3O3. The van der Waals surface area contributed by atoms with Crippen molar-refractivity contribution in [3.8, 4) is 17.4 Å². The fourth-order valence-electron chi connectivity index (χ4n) is 3.44. The van der Waals surface area contributed by atoms with Crippen molar-refractivity contribution in [3.05, 3.63) is 48.7 Å². The molecule has 0 saturated heterocycles. The number of amides is 1. The first kappa shape index (κ1) is 25.0. The van der Waals surface area contributed by atoms with Crippen molar-refractivity contribution in [1.82, 2.24) is 10.3 Å². The standard InChI is InChI=1S/C21H27N3O3.2ClH/c22-14-19(16-6-2-1-3-7-16)24-20(25)15-26-17-9-11-18(12-10-17)27-21-8-4-5-13-23-21;;/h4-5,8-13,16,19H,1-3,6-7,14-15,22H2,(H,24,25);2*1H. The molecule has 1 aliphatic carbocycles. The number of halogens is 2. The van der Waals surface area contributed by atoms with Crippen LogP contribution in [0.3, 0.4) is 0 Å². The van der Waals surface area contributed by atoms with Crippen LogP contribution in [0.25, 0.3) is 0 Å². The van der Waals surface area contributed by atoms with E-state index in [2.05, 4.69) is 10.3 Å². The second-order valence-corrected chi connectivity index (χ2v) is 6.84. The summed E-state index contributed by atoms with van der Waals surface area (Å²) in [6.45, 7) is 0.444. The number of carbonyl (C=O) groups is 1. The summed E-state index contributed by atoms with van der Waals surface area (Å²) in [4.78, 5) is 16.3. The van der Waals surface area contributed by atoms with E-state index in [-0.39, 0.29) is 43.4 Å². The van der Waals surface area contributed by atoms with Crippen molar-refractivity contribution in [2.75, 3.05) is 13.2 Å². The lowest BCUT2D eigenvalue weighted by molar-refractivity contribution is -0.124. The van der Waals surface area contributed by atoms with E-state index < -0.39 is 0 Å². The molecule has 2 aromatic rings. The van der Waals surface area contributed by atoms with Gasteiger partial charge in [0.1, 0.15) is 11.5 Å². The molecular weight excluding hydrogens is 413 g/mol. The molecule has 1 amide bonds. The van der Waals surface area contributed by atoms with E-state index in [1.807, 2.05) is 12.1 Å². The summed E-state index contributed by atoms with van der Waals surface area (Å²) >= 11 is 0. The Kier molecular flexibility index (Phi) is 11.4. The van der Waals surface area contributed by atoms with Gasteiger partial charge in [-0.2, -0.15) is 0 Å². The molecule has 1 unspecified atom stereocenters. The topological polar surface area (TPSA) is 86.5 Å². The second kappa shape index (κ2) is 13.2. The average Bonchev–Trinajstić information content (AvgIpc) is 2.73. The number of rotatable bonds is 8. The number of nitrogens with zero attached hydrogens (tertiary/aromatic N) is 1. The molecule has 1 aromatic heterocycles. The van der Waals surface area contributed by atoms with E-state index in [1.165, 1.54) is 19.3 Å². The summed E-state index contributed by atoms with van der Waals surface area (Å²) in [6.07, 6.45) is 7.68. The zero-order valence-electron chi connectivity index (χ0n) is 16.3. The number of hydrogen-bond donors (Lipinski definition) is 2. The van der Waals surface area contributed by atoms with Gasteiger partial charge in [-0.3, -0.25) is 4.79 Å². The highest BCUT2D eigenvalue weighted by Crippen LogP contribution is 2.26. The molecule has 160 valence electrons. The number of nitrogens with two attached hydrogens (primary N) is 1. The highest BCUT2D eigenvalue weighted by atomic mass is 35.5. The van der Waals surface area contributed by atoms with Crippen LogP contribution < -0.4 is 20.5 Å². The zero-order chi connectivity index (χ0) is 18.9. The maximum Gasteiger partial charge on any atom is 0.258 e. The molecule has 0 spiro atoms. The van der Waals surface area contributed by atoms with Gasteiger partial charge >= 0.3 is 0 Å². The first-order valence-corrected chi connectivity index (χ1v) is 9.56. The third-order valence-corrected chi connectivity index (χ3v) is 4.87.